The molecule has 0 fully saturated rings. The Kier molecular flexibility index (Phi) is 3.42. The molecule has 0 aromatic heterocycles. The molecule has 0 saturated carbocycles. The summed E-state index contributed by atoms with van der Waals surface area (Å²) < 4.78 is 9.92. The van der Waals surface area contributed by atoms with Crippen LogP contribution in [0, 0.1) is 0 Å². The first kappa shape index (κ1) is 14.6. The molecule has 0 heterocycles. The molecule has 0 unspecified atom stereocenters. The van der Waals surface area contributed by atoms with E-state index in [2.05, 4.69) is 0 Å². The van der Waals surface area contributed by atoms with Crippen LogP contribution in [0.5, 0.6) is 17.2 Å². The number of methoxy groups -OCH3 is 2. The van der Waals surface area contributed by atoms with E-state index in [9.17, 15) is 24.6 Å². The van der Waals surface area contributed by atoms with Crippen LogP contribution in [-0.2, 0) is 9.59 Å². The van der Waals surface area contributed by atoms with Crippen LogP contribution in [0.25, 0.3) is 5.76 Å². The summed E-state index contributed by atoms with van der Waals surface area (Å²) in [6.07, 6.45) is 0. The van der Waals surface area contributed by atoms with Crippen molar-refractivity contribution >= 4 is 23.1 Å². The van der Waals surface area contributed by atoms with Gasteiger partial charge in [0.25, 0.3) is 0 Å². The van der Waals surface area contributed by atoms with Crippen molar-refractivity contribution < 1.29 is 34.1 Å². The molecule has 1 aliphatic carbocycles. The lowest BCUT2D eigenvalue weighted by Gasteiger charge is -2.21. The number of benzene rings is 1. The molecule has 0 aliphatic heterocycles. The summed E-state index contributed by atoms with van der Waals surface area (Å²) in [7, 11) is 2.53. The zero-order valence-corrected chi connectivity index (χ0v) is 11.5. The van der Waals surface area contributed by atoms with Gasteiger partial charge in [-0.05, 0) is 6.92 Å². The Hall–Kier alpha value is -2.83. The van der Waals surface area contributed by atoms with E-state index in [0.717, 1.165) is 6.92 Å². The summed E-state index contributed by atoms with van der Waals surface area (Å²) in [6.45, 7) is 1.05. The highest BCUT2D eigenvalue weighted by Gasteiger charge is 2.40. The van der Waals surface area contributed by atoms with Gasteiger partial charge < -0.3 is 19.7 Å². The lowest BCUT2D eigenvalue weighted by atomic mass is 9.85. The van der Waals surface area contributed by atoms with Gasteiger partial charge in [-0.1, -0.05) is 0 Å². The zero-order chi connectivity index (χ0) is 15.9. The monoisotopic (exact) mass is 292 g/mol. The second-order valence-electron chi connectivity index (χ2n) is 4.32. The maximum Gasteiger partial charge on any atom is 0.241 e. The van der Waals surface area contributed by atoms with E-state index in [4.69, 9.17) is 9.47 Å². The minimum Gasteiger partial charge on any atom is -0.506 e. The van der Waals surface area contributed by atoms with Crippen LogP contribution in [0.15, 0.2) is 11.6 Å². The average Bonchev–Trinajstić information content (AvgIpc) is 2.44. The van der Waals surface area contributed by atoms with E-state index in [1.807, 2.05) is 0 Å². The third-order valence-corrected chi connectivity index (χ3v) is 3.15. The summed E-state index contributed by atoms with van der Waals surface area (Å²) >= 11 is 0. The molecule has 2 N–H and O–H groups in total. The molecule has 0 radical (unpaired) electrons. The third-order valence-electron chi connectivity index (χ3n) is 3.15. The lowest BCUT2D eigenvalue weighted by molar-refractivity contribution is -0.118. The van der Waals surface area contributed by atoms with Crippen LogP contribution in [0.1, 0.15) is 22.8 Å². The van der Waals surface area contributed by atoms with E-state index in [-0.39, 0.29) is 17.1 Å². The van der Waals surface area contributed by atoms with E-state index in [1.54, 1.807) is 0 Å². The van der Waals surface area contributed by atoms with Crippen molar-refractivity contribution in [1.82, 2.24) is 0 Å². The number of aromatic hydroxyl groups is 1. The molecule has 21 heavy (non-hydrogen) atoms. The number of Topliss-reactive ketones (excluding diaryl/α,β-unsaturated/α-hetero) is 3. The molecular weight excluding hydrogens is 280 g/mol. The number of allylic oxidation sites excluding steroid dienone is 1. The van der Waals surface area contributed by atoms with Crippen molar-refractivity contribution in [3.8, 4) is 17.2 Å². The van der Waals surface area contributed by atoms with Crippen LogP contribution in [0.2, 0.25) is 0 Å². The molecule has 1 aromatic carbocycles. The van der Waals surface area contributed by atoms with Gasteiger partial charge >= 0.3 is 0 Å². The second-order valence-corrected chi connectivity index (χ2v) is 4.32. The van der Waals surface area contributed by atoms with Crippen molar-refractivity contribution in [2.75, 3.05) is 14.2 Å². The van der Waals surface area contributed by atoms with Crippen LogP contribution in [0.3, 0.4) is 0 Å². The quantitative estimate of drug-likeness (QED) is 0.632. The van der Waals surface area contributed by atoms with Gasteiger partial charge in [-0.3, -0.25) is 14.4 Å². The number of fused-ring (bicyclic) bond motifs is 1. The maximum atomic E-state index is 12.1. The minimum atomic E-state index is -1.18. The summed E-state index contributed by atoms with van der Waals surface area (Å²) in [6, 6.07) is 1.24. The molecule has 0 bridgehead atoms. The van der Waals surface area contributed by atoms with E-state index < -0.39 is 40.0 Å². The van der Waals surface area contributed by atoms with Crippen LogP contribution < -0.4 is 9.47 Å². The van der Waals surface area contributed by atoms with E-state index in [1.165, 1.54) is 20.3 Å². The predicted molar refractivity (Wildman–Crippen MR) is 70.8 cm³/mol. The molecule has 0 amide bonds. The van der Waals surface area contributed by atoms with Crippen molar-refractivity contribution in [2.45, 2.75) is 6.92 Å². The third kappa shape index (κ3) is 1.94. The summed E-state index contributed by atoms with van der Waals surface area (Å²) in [5, 5.41) is 20.1. The highest BCUT2D eigenvalue weighted by molar-refractivity contribution is 6.57. The fourth-order valence-corrected chi connectivity index (χ4v) is 2.18. The lowest BCUT2D eigenvalue weighted by Crippen LogP contribution is -2.28. The second kappa shape index (κ2) is 4.93. The molecule has 0 spiro atoms. The topological polar surface area (TPSA) is 110 Å². The van der Waals surface area contributed by atoms with Crippen molar-refractivity contribution in [3.05, 3.63) is 22.8 Å². The first-order valence-electron chi connectivity index (χ1n) is 5.86. The summed E-state index contributed by atoms with van der Waals surface area (Å²) in [5.41, 5.74) is -1.28. The molecular formula is C14H12O7. The normalized spacial score (nSPS) is 14.0. The van der Waals surface area contributed by atoms with Crippen molar-refractivity contribution in [3.63, 3.8) is 0 Å². The number of carbonyl (C=O) groups excluding carboxylic acids is 3. The number of hydrogen-bond donors (Lipinski definition) is 2. The predicted octanol–water partition coefficient (Wildman–Crippen LogP) is 1.03. The molecule has 110 valence electrons. The van der Waals surface area contributed by atoms with Crippen LogP contribution in [-0.4, -0.2) is 41.8 Å². The standard InChI is InChI=1S/C14H12O7/c1-5(15)8-12(17)9-6(20-2)4-7(21-3)11(16)10(9)14(19)13(8)18/h4,16-17H,1-3H3. The number of aliphatic hydroxyl groups is 1. The van der Waals surface area contributed by atoms with Gasteiger partial charge in [-0.25, -0.2) is 0 Å². The van der Waals surface area contributed by atoms with Crippen LogP contribution in [0.4, 0.5) is 0 Å². The molecule has 2 rings (SSSR count). The number of rotatable bonds is 3. The Morgan fingerprint density at radius 3 is 2.05 bits per heavy atom. The SMILES string of the molecule is COc1cc(OC)c2c(c1O)C(=O)C(=O)C(C(C)=O)=C2O. The summed E-state index contributed by atoms with van der Waals surface area (Å²) in [5.74, 6) is -4.44. The fourth-order valence-electron chi connectivity index (χ4n) is 2.18. The smallest absolute Gasteiger partial charge is 0.241 e. The van der Waals surface area contributed by atoms with Gasteiger partial charge in [-0.15, -0.1) is 0 Å². The Bertz CT molecular complexity index is 713. The number of hydrogen-bond acceptors (Lipinski definition) is 7. The first-order chi connectivity index (χ1) is 9.84. The Morgan fingerprint density at radius 2 is 1.57 bits per heavy atom. The molecule has 7 heteroatoms. The molecule has 7 nitrogen and oxygen atoms in total. The fraction of sp³-hybridized carbons (Fsp3) is 0.214. The molecule has 1 aliphatic rings. The first-order valence-corrected chi connectivity index (χ1v) is 5.86. The van der Waals surface area contributed by atoms with Crippen LogP contribution >= 0.6 is 0 Å². The Morgan fingerprint density at radius 1 is 1.00 bits per heavy atom. The Labute approximate surface area is 119 Å². The van der Waals surface area contributed by atoms with E-state index >= 15 is 0 Å². The number of carbonyl (C=O) groups is 3. The van der Waals surface area contributed by atoms with Gasteiger partial charge in [0, 0.05) is 6.07 Å². The number of phenolic OH excluding ortho intramolecular Hbond substituents is 1. The van der Waals surface area contributed by atoms with Gasteiger partial charge in [0.15, 0.2) is 17.3 Å². The van der Waals surface area contributed by atoms with Crippen molar-refractivity contribution in [2.24, 2.45) is 0 Å². The summed E-state index contributed by atoms with van der Waals surface area (Å²) in [4.78, 5) is 35.5. The highest BCUT2D eigenvalue weighted by Crippen LogP contribution is 2.44. The Balaban J connectivity index is 2.95. The van der Waals surface area contributed by atoms with Gasteiger partial charge in [0.05, 0.1) is 25.3 Å². The molecule has 0 saturated heterocycles. The number of ether oxygens (including phenoxy) is 2. The average molecular weight is 292 g/mol. The van der Waals surface area contributed by atoms with Gasteiger partial charge in [0.2, 0.25) is 11.6 Å². The van der Waals surface area contributed by atoms with Gasteiger partial charge in [-0.2, -0.15) is 0 Å². The number of aliphatic hydroxyl groups excluding tert-OH is 1. The highest BCUT2D eigenvalue weighted by atomic mass is 16.5. The largest absolute Gasteiger partial charge is 0.506 e. The van der Waals surface area contributed by atoms with E-state index in [0.29, 0.717) is 0 Å². The number of ketones is 3. The van der Waals surface area contributed by atoms with Gasteiger partial charge in [0.1, 0.15) is 17.1 Å². The minimum absolute atomic E-state index is 0.00301. The molecule has 0 atom stereocenters. The zero-order valence-electron chi connectivity index (χ0n) is 11.5. The van der Waals surface area contributed by atoms with Crippen molar-refractivity contribution in [1.29, 1.82) is 0 Å². The molecule has 1 aromatic rings. The maximum absolute atomic E-state index is 12.1. The number of phenols is 1.